The zero-order valence-corrected chi connectivity index (χ0v) is 59.9. The molecule has 0 radical (unpaired) electrons. The SMILES string of the molecule is Cc1cc(C)c(Oc2cc3c4c(c2)N(c2c(C)cc(C)cc2C)c2cc(C(C)(C)C)ccc2B4c2cc4c(cc2N3c2ccccc2C)N(c2ccccc2C)c2cc(Oc3c(C)cc(C)cc3C)cc3c2B4c2ccc(C(C)(C)C)cc2N3c2c(C)cc(C)cc2C)c(C)c1. The number of aryl methyl sites for hydroxylation is 14. The van der Waals surface area contributed by atoms with Crippen LogP contribution in [0.5, 0.6) is 23.0 Å². The first kappa shape index (κ1) is 62.5. The Balaban J connectivity index is 1.11. The van der Waals surface area contributed by atoms with E-state index in [-0.39, 0.29) is 24.3 Å². The number of hydrogen-bond acceptors (Lipinski definition) is 6. The first-order valence-corrected chi connectivity index (χ1v) is 34.4. The summed E-state index contributed by atoms with van der Waals surface area (Å²) in [4.78, 5) is 10.4. The van der Waals surface area contributed by atoms with Crippen LogP contribution in [0.2, 0.25) is 0 Å². The molecule has 0 saturated carbocycles. The predicted octanol–water partition coefficient (Wildman–Crippen LogP) is 20.3. The summed E-state index contributed by atoms with van der Waals surface area (Å²) in [7, 11) is 0. The minimum absolute atomic E-state index is 0.141. The van der Waals surface area contributed by atoms with Crippen LogP contribution in [0.4, 0.5) is 68.2 Å². The Kier molecular flexibility index (Phi) is 14.6. The Morgan fingerprint density at radius 1 is 0.260 bits per heavy atom. The summed E-state index contributed by atoms with van der Waals surface area (Å²) in [6, 6.07) is 65.8. The molecule has 4 aliphatic rings. The Morgan fingerprint density at radius 2 is 0.562 bits per heavy atom. The maximum absolute atomic E-state index is 7.48. The number of nitrogens with zero attached hydrogens (tertiary/aromatic N) is 4. The highest BCUT2D eigenvalue weighted by Crippen LogP contribution is 2.54. The lowest BCUT2D eigenvalue weighted by molar-refractivity contribution is 0.475. The van der Waals surface area contributed by atoms with Crippen molar-refractivity contribution in [2.24, 2.45) is 0 Å². The first-order chi connectivity index (χ1) is 45.6. The van der Waals surface area contributed by atoms with E-state index in [4.69, 9.17) is 9.47 Å². The summed E-state index contributed by atoms with van der Waals surface area (Å²) in [5, 5.41) is 0. The van der Waals surface area contributed by atoms with Crippen molar-refractivity contribution in [3.05, 3.63) is 259 Å². The van der Waals surface area contributed by atoms with E-state index in [0.29, 0.717) is 0 Å². The quantitative estimate of drug-likeness (QED) is 0.141. The molecule has 15 rings (SSSR count). The molecule has 0 N–H and O–H groups in total. The van der Waals surface area contributed by atoms with Crippen molar-refractivity contribution in [1.29, 1.82) is 0 Å². The van der Waals surface area contributed by atoms with Gasteiger partial charge in [-0.15, -0.1) is 0 Å². The molecule has 0 saturated heterocycles. The summed E-state index contributed by atoms with van der Waals surface area (Å²) in [5.41, 5.74) is 40.1. The molecule has 96 heavy (non-hydrogen) atoms. The van der Waals surface area contributed by atoms with Crippen LogP contribution in [0.25, 0.3) is 0 Å². The highest BCUT2D eigenvalue weighted by atomic mass is 16.5. The van der Waals surface area contributed by atoms with E-state index in [1.54, 1.807) is 0 Å². The molecule has 0 aliphatic carbocycles. The standard InChI is InChI=1S/C88H88B2N4O2/c1-49-33-55(7)83(56(8)34-49)93-73-41-63(87(15,16)17)29-31-67(73)89-69-47-70-76(48-75(69)91(71-27-23-21-25-53(71)5)77-43-65(45-79(93)81(77)89)95-85-59(11)37-51(3)38-60(85)12)92(72-28-24-22-26-54(72)6)78-44-66(96-86-61(13)39-52(4)40-62(86)14)46-80-82(78)90(70)68-32-30-64(88(18,19)20)42-74(68)94(80)84-57(9)35-50(2)36-58(84)10/h21-48H,1-20H3. The van der Waals surface area contributed by atoms with Crippen molar-refractivity contribution in [3.63, 3.8) is 0 Å². The zero-order valence-electron chi connectivity index (χ0n) is 59.9. The van der Waals surface area contributed by atoms with Gasteiger partial charge in [-0.05, 0) is 238 Å². The number of benzene rings is 11. The van der Waals surface area contributed by atoms with Crippen molar-refractivity contribution in [2.45, 2.75) is 149 Å². The van der Waals surface area contributed by atoms with Crippen LogP contribution in [-0.4, -0.2) is 13.4 Å². The number of ether oxygens (including phenoxy) is 2. The average Bonchev–Trinajstić information content (AvgIpc) is 0.683. The van der Waals surface area contributed by atoms with E-state index in [9.17, 15) is 0 Å². The molecule has 0 bridgehead atoms. The van der Waals surface area contributed by atoms with E-state index >= 15 is 0 Å². The highest BCUT2D eigenvalue weighted by molar-refractivity contribution is 7.03. The van der Waals surface area contributed by atoms with Gasteiger partial charge in [0.1, 0.15) is 23.0 Å². The van der Waals surface area contributed by atoms with Crippen molar-refractivity contribution in [2.75, 3.05) is 19.6 Å². The molecular weight excluding hydrogens is 1170 g/mol. The number of anilines is 12. The fraction of sp³-hybridized carbons (Fsp3) is 0.250. The van der Waals surface area contributed by atoms with E-state index in [1.165, 1.54) is 122 Å². The molecule has 478 valence electrons. The molecule has 0 atom stereocenters. The Bertz CT molecular complexity index is 4730. The monoisotopic (exact) mass is 1250 g/mol. The number of rotatable bonds is 8. The van der Waals surface area contributed by atoms with Crippen LogP contribution >= 0.6 is 0 Å². The minimum atomic E-state index is -0.205. The third-order valence-electron chi connectivity index (χ3n) is 21.0. The molecule has 0 spiro atoms. The second kappa shape index (κ2) is 22.5. The third kappa shape index (κ3) is 9.98. The predicted molar refractivity (Wildman–Crippen MR) is 411 cm³/mol. The normalized spacial score (nSPS) is 13.5. The molecule has 11 aromatic rings. The van der Waals surface area contributed by atoms with Gasteiger partial charge >= 0.3 is 0 Å². The molecule has 0 aromatic heterocycles. The van der Waals surface area contributed by atoms with Gasteiger partial charge in [0.05, 0.1) is 11.4 Å². The summed E-state index contributed by atoms with van der Waals surface area (Å²) in [6.45, 7) is 44.9. The zero-order chi connectivity index (χ0) is 67.6. The van der Waals surface area contributed by atoms with Gasteiger partial charge in [0.25, 0.3) is 13.4 Å². The van der Waals surface area contributed by atoms with E-state index in [1.807, 2.05) is 0 Å². The number of hydrogen-bond donors (Lipinski definition) is 0. The fourth-order valence-corrected chi connectivity index (χ4v) is 17.0. The largest absolute Gasteiger partial charge is 0.457 e. The van der Waals surface area contributed by atoms with E-state index in [0.717, 1.165) is 90.8 Å². The summed E-state index contributed by atoms with van der Waals surface area (Å²) in [5.74, 6) is 3.34. The molecule has 4 aliphatic heterocycles. The lowest BCUT2D eigenvalue weighted by Crippen LogP contribution is -2.65. The molecule has 0 fully saturated rings. The van der Waals surface area contributed by atoms with Crippen LogP contribution in [0, 0.1) is 96.9 Å². The fourth-order valence-electron chi connectivity index (χ4n) is 17.0. The molecule has 11 aromatic carbocycles. The van der Waals surface area contributed by atoms with Crippen molar-refractivity contribution in [1.82, 2.24) is 0 Å². The highest BCUT2D eigenvalue weighted by Gasteiger charge is 2.50. The summed E-state index contributed by atoms with van der Waals surface area (Å²) < 4.78 is 15.0. The minimum Gasteiger partial charge on any atom is -0.457 e. The average molecular weight is 1260 g/mol. The van der Waals surface area contributed by atoms with Crippen LogP contribution < -0.4 is 61.9 Å². The molecule has 4 heterocycles. The molecule has 8 heteroatoms. The lowest BCUT2D eigenvalue weighted by atomic mass is 9.30. The van der Waals surface area contributed by atoms with E-state index in [2.05, 4.69) is 328 Å². The topological polar surface area (TPSA) is 31.4 Å². The number of para-hydroxylation sites is 2. The van der Waals surface area contributed by atoms with Gasteiger partial charge in [0.15, 0.2) is 0 Å². The van der Waals surface area contributed by atoms with E-state index < -0.39 is 0 Å². The van der Waals surface area contributed by atoms with Crippen molar-refractivity contribution in [3.8, 4) is 23.0 Å². The Labute approximate surface area is 571 Å². The third-order valence-corrected chi connectivity index (χ3v) is 21.0. The first-order valence-electron chi connectivity index (χ1n) is 34.4. The van der Waals surface area contributed by atoms with Gasteiger partial charge in [0, 0.05) is 81.1 Å². The second-order valence-corrected chi connectivity index (χ2v) is 30.7. The molecule has 0 unspecified atom stereocenters. The summed E-state index contributed by atoms with van der Waals surface area (Å²) >= 11 is 0. The molecular formula is C88H88B2N4O2. The molecule has 0 amide bonds. The van der Waals surface area contributed by atoms with Crippen LogP contribution in [-0.2, 0) is 10.8 Å². The smallest absolute Gasteiger partial charge is 0.252 e. The second-order valence-electron chi connectivity index (χ2n) is 30.7. The van der Waals surface area contributed by atoms with Gasteiger partial charge in [-0.25, -0.2) is 0 Å². The van der Waals surface area contributed by atoms with Crippen LogP contribution in [0.3, 0.4) is 0 Å². The maximum Gasteiger partial charge on any atom is 0.252 e. The Morgan fingerprint density at radius 3 is 0.885 bits per heavy atom. The summed E-state index contributed by atoms with van der Waals surface area (Å²) in [6.07, 6.45) is 0. The molecule has 6 nitrogen and oxygen atoms in total. The lowest BCUT2D eigenvalue weighted by Gasteiger charge is -2.48. The van der Waals surface area contributed by atoms with Gasteiger partial charge in [-0.2, -0.15) is 0 Å². The van der Waals surface area contributed by atoms with Crippen LogP contribution in [0.15, 0.2) is 170 Å². The van der Waals surface area contributed by atoms with Crippen LogP contribution in [0.1, 0.15) is 131 Å². The van der Waals surface area contributed by atoms with Gasteiger partial charge in [0.2, 0.25) is 0 Å². The van der Waals surface area contributed by atoms with Crippen molar-refractivity contribution < 1.29 is 9.47 Å². The van der Waals surface area contributed by atoms with Gasteiger partial charge < -0.3 is 29.1 Å². The van der Waals surface area contributed by atoms with Crippen molar-refractivity contribution >= 4 is 114 Å². The van der Waals surface area contributed by atoms with Gasteiger partial charge in [-0.3, -0.25) is 0 Å². The number of fused-ring (bicyclic) bond motifs is 8. The maximum atomic E-state index is 7.48. The van der Waals surface area contributed by atoms with Gasteiger partial charge in [-0.1, -0.05) is 179 Å². The Hall–Kier alpha value is -9.65.